The van der Waals surface area contributed by atoms with Crippen LogP contribution in [0.15, 0.2) is 77.7 Å². The Morgan fingerprint density at radius 2 is 1.72 bits per heavy atom. The first kappa shape index (κ1) is 22.1. The molecule has 0 aliphatic rings. The number of methoxy groups -OCH3 is 1. The molecule has 0 radical (unpaired) electrons. The Balaban J connectivity index is 1.37. The van der Waals surface area contributed by atoms with Crippen LogP contribution >= 0.6 is 23.4 Å². The molecule has 0 saturated heterocycles. The van der Waals surface area contributed by atoms with Crippen molar-refractivity contribution in [2.24, 2.45) is 0 Å². The second kappa shape index (κ2) is 10.5. The largest absolute Gasteiger partial charge is 0.497 e. The summed E-state index contributed by atoms with van der Waals surface area (Å²) in [6.07, 6.45) is 0. The average molecular weight is 467 g/mol. The maximum absolute atomic E-state index is 12.1. The number of rotatable bonds is 9. The first-order valence-electron chi connectivity index (χ1n) is 10.2. The van der Waals surface area contributed by atoms with Crippen molar-refractivity contribution in [2.45, 2.75) is 4.90 Å². The fourth-order valence-electron chi connectivity index (χ4n) is 3.30. The Labute approximate surface area is 196 Å². The highest BCUT2D eigenvalue weighted by Gasteiger charge is 2.14. The first-order valence-corrected chi connectivity index (χ1v) is 11.5. The fourth-order valence-corrected chi connectivity index (χ4v) is 4.48. The monoisotopic (exact) mass is 466 g/mol. The van der Waals surface area contributed by atoms with Crippen LogP contribution in [0.25, 0.3) is 22.2 Å². The van der Waals surface area contributed by atoms with Crippen molar-refractivity contribution in [3.8, 4) is 22.8 Å². The van der Waals surface area contributed by atoms with Gasteiger partial charge in [0.1, 0.15) is 11.5 Å². The van der Waals surface area contributed by atoms with Gasteiger partial charge in [0.25, 0.3) is 5.91 Å². The van der Waals surface area contributed by atoms with Crippen molar-refractivity contribution in [3.05, 3.63) is 77.8 Å². The van der Waals surface area contributed by atoms with Gasteiger partial charge in [0.15, 0.2) is 6.61 Å². The van der Waals surface area contributed by atoms with Crippen LogP contribution in [0.1, 0.15) is 0 Å². The third-order valence-electron chi connectivity index (χ3n) is 4.89. The van der Waals surface area contributed by atoms with Crippen molar-refractivity contribution in [2.75, 3.05) is 26.0 Å². The summed E-state index contributed by atoms with van der Waals surface area (Å²) in [4.78, 5) is 16.8. The number of aromatic nitrogens is 1. The van der Waals surface area contributed by atoms with E-state index in [1.807, 2.05) is 36.4 Å². The summed E-state index contributed by atoms with van der Waals surface area (Å²) < 4.78 is 10.8. The summed E-state index contributed by atoms with van der Waals surface area (Å²) in [5.41, 5.74) is 3.24. The number of nitrogens with one attached hydrogen (secondary N) is 2. The molecule has 5 nitrogen and oxygen atoms in total. The van der Waals surface area contributed by atoms with Crippen LogP contribution in [-0.2, 0) is 4.79 Å². The Morgan fingerprint density at radius 3 is 2.47 bits per heavy atom. The number of para-hydroxylation sites is 1. The quantitative estimate of drug-likeness (QED) is 0.242. The van der Waals surface area contributed by atoms with E-state index in [0.717, 1.165) is 33.2 Å². The van der Waals surface area contributed by atoms with Gasteiger partial charge in [-0.1, -0.05) is 29.8 Å². The Bertz CT molecular complexity index is 1190. The van der Waals surface area contributed by atoms with Crippen LogP contribution in [0.2, 0.25) is 5.02 Å². The highest BCUT2D eigenvalue weighted by Crippen LogP contribution is 2.38. The van der Waals surface area contributed by atoms with Gasteiger partial charge in [0, 0.05) is 33.1 Å². The number of fused-ring (bicyclic) bond motifs is 1. The minimum Gasteiger partial charge on any atom is -0.497 e. The molecule has 7 heteroatoms. The number of hydrogen-bond donors (Lipinski definition) is 2. The SMILES string of the molecule is COc1ccc(-c2[nH]c3ccccc3c2SCCNC(=O)COc2ccc(Cl)cc2)cc1. The Hall–Kier alpha value is -3.09. The third-order valence-corrected chi connectivity index (χ3v) is 6.26. The van der Waals surface area contributed by atoms with Crippen molar-refractivity contribution in [3.63, 3.8) is 0 Å². The van der Waals surface area contributed by atoms with Crippen LogP contribution in [0, 0.1) is 0 Å². The number of thioether (sulfide) groups is 1. The molecule has 1 aromatic heterocycles. The van der Waals surface area contributed by atoms with Gasteiger partial charge in [-0.2, -0.15) is 0 Å². The van der Waals surface area contributed by atoms with Crippen LogP contribution in [0.5, 0.6) is 11.5 Å². The molecule has 32 heavy (non-hydrogen) atoms. The zero-order valence-electron chi connectivity index (χ0n) is 17.6. The standard InChI is InChI=1S/C25H23ClN2O3S/c1-30-19-10-6-17(7-11-19)24-25(21-4-2-3-5-22(21)28-24)32-15-14-27-23(29)16-31-20-12-8-18(26)9-13-20/h2-13,28H,14-16H2,1H3,(H,27,29). The fraction of sp³-hybridized carbons (Fsp3) is 0.160. The molecule has 0 spiro atoms. The molecule has 4 aromatic rings. The van der Waals surface area contributed by atoms with E-state index in [1.54, 1.807) is 43.1 Å². The molecule has 0 aliphatic carbocycles. The van der Waals surface area contributed by atoms with Gasteiger partial charge in [0.05, 0.1) is 12.8 Å². The molecule has 0 fully saturated rings. The predicted octanol–water partition coefficient (Wildman–Crippen LogP) is 5.78. The molecule has 0 aliphatic heterocycles. The van der Waals surface area contributed by atoms with E-state index in [4.69, 9.17) is 21.1 Å². The van der Waals surface area contributed by atoms with Crippen molar-refractivity contribution >= 4 is 40.2 Å². The minimum absolute atomic E-state index is 0.0313. The number of ether oxygens (including phenoxy) is 2. The van der Waals surface area contributed by atoms with Gasteiger partial charge in [-0.15, -0.1) is 11.8 Å². The zero-order chi connectivity index (χ0) is 22.3. The lowest BCUT2D eigenvalue weighted by Crippen LogP contribution is -2.30. The number of H-pyrrole nitrogens is 1. The summed E-state index contributed by atoms with van der Waals surface area (Å²) >= 11 is 7.57. The number of carbonyl (C=O) groups excluding carboxylic acids is 1. The lowest BCUT2D eigenvalue weighted by atomic mass is 10.1. The van der Waals surface area contributed by atoms with Gasteiger partial charge in [-0.3, -0.25) is 4.79 Å². The van der Waals surface area contributed by atoms with Crippen LogP contribution in [-0.4, -0.2) is 36.9 Å². The zero-order valence-corrected chi connectivity index (χ0v) is 19.1. The van der Waals surface area contributed by atoms with E-state index in [1.165, 1.54) is 5.39 Å². The molecule has 1 heterocycles. The number of hydrogen-bond acceptors (Lipinski definition) is 4. The van der Waals surface area contributed by atoms with Crippen molar-refractivity contribution in [1.29, 1.82) is 0 Å². The van der Waals surface area contributed by atoms with Crippen LogP contribution in [0.4, 0.5) is 0 Å². The number of aromatic amines is 1. The van der Waals surface area contributed by atoms with Crippen LogP contribution in [0.3, 0.4) is 0 Å². The van der Waals surface area contributed by atoms with E-state index in [9.17, 15) is 4.79 Å². The number of halogens is 1. The molecular formula is C25H23ClN2O3S. The lowest BCUT2D eigenvalue weighted by molar-refractivity contribution is -0.122. The summed E-state index contributed by atoms with van der Waals surface area (Å²) in [5.74, 6) is 2.01. The molecule has 164 valence electrons. The molecule has 3 aromatic carbocycles. The van der Waals surface area contributed by atoms with Gasteiger partial charge in [-0.05, 0) is 60.2 Å². The second-order valence-corrected chi connectivity index (χ2v) is 8.59. The molecule has 4 rings (SSSR count). The Morgan fingerprint density at radius 1 is 1.00 bits per heavy atom. The van der Waals surface area contributed by atoms with Crippen LogP contribution < -0.4 is 14.8 Å². The van der Waals surface area contributed by atoms with E-state index < -0.39 is 0 Å². The number of carbonyl (C=O) groups is 1. The topological polar surface area (TPSA) is 63.3 Å². The third kappa shape index (κ3) is 5.39. The summed E-state index contributed by atoms with van der Waals surface area (Å²) in [7, 11) is 1.66. The molecule has 1 amide bonds. The average Bonchev–Trinajstić information content (AvgIpc) is 3.20. The van der Waals surface area contributed by atoms with E-state index in [-0.39, 0.29) is 12.5 Å². The highest BCUT2D eigenvalue weighted by atomic mass is 35.5. The minimum atomic E-state index is -0.158. The van der Waals surface area contributed by atoms with E-state index in [0.29, 0.717) is 17.3 Å². The number of benzene rings is 3. The van der Waals surface area contributed by atoms with E-state index in [2.05, 4.69) is 22.4 Å². The summed E-state index contributed by atoms with van der Waals surface area (Å²) in [6, 6.07) is 23.2. The van der Waals surface area contributed by atoms with Gasteiger partial charge in [0.2, 0.25) is 0 Å². The summed E-state index contributed by atoms with van der Waals surface area (Å²) in [6.45, 7) is 0.505. The first-order chi connectivity index (χ1) is 15.6. The molecule has 0 unspecified atom stereocenters. The second-order valence-electron chi connectivity index (χ2n) is 7.04. The van der Waals surface area contributed by atoms with Gasteiger partial charge < -0.3 is 19.8 Å². The van der Waals surface area contributed by atoms with Crippen molar-refractivity contribution in [1.82, 2.24) is 10.3 Å². The van der Waals surface area contributed by atoms with Gasteiger partial charge in [-0.25, -0.2) is 0 Å². The normalized spacial score (nSPS) is 10.8. The smallest absolute Gasteiger partial charge is 0.257 e. The molecule has 0 bridgehead atoms. The maximum Gasteiger partial charge on any atom is 0.257 e. The Kier molecular flexibility index (Phi) is 7.24. The van der Waals surface area contributed by atoms with E-state index >= 15 is 0 Å². The van der Waals surface area contributed by atoms with Crippen molar-refractivity contribution < 1.29 is 14.3 Å². The molecule has 2 N–H and O–H groups in total. The molecular weight excluding hydrogens is 444 g/mol. The summed E-state index contributed by atoms with van der Waals surface area (Å²) in [5, 5.41) is 4.71. The highest BCUT2D eigenvalue weighted by molar-refractivity contribution is 7.99. The lowest BCUT2D eigenvalue weighted by Gasteiger charge is -2.09. The molecule has 0 saturated carbocycles. The maximum atomic E-state index is 12.1. The van der Waals surface area contributed by atoms with Gasteiger partial charge >= 0.3 is 0 Å². The molecule has 0 atom stereocenters. The number of amides is 1. The predicted molar refractivity (Wildman–Crippen MR) is 131 cm³/mol.